The third-order valence-electron chi connectivity index (χ3n) is 2.02. The Hall–Kier alpha value is -0.900. The first-order chi connectivity index (χ1) is 8.24. The minimum absolute atomic E-state index is 0.177. The summed E-state index contributed by atoms with van der Waals surface area (Å²) in [5.41, 5.74) is 0. The van der Waals surface area contributed by atoms with E-state index in [1.165, 1.54) is 6.07 Å². The van der Waals surface area contributed by atoms with E-state index in [-0.39, 0.29) is 17.4 Å². The fourth-order valence-corrected chi connectivity index (χ4v) is 2.78. The van der Waals surface area contributed by atoms with Gasteiger partial charge in [-0.2, -0.15) is 0 Å². The first-order valence-corrected chi connectivity index (χ1v) is 8.70. The van der Waals surface area contributed by atoms with E-state index in [1.54, 1.807) is 13.1 Å². The van der Waals surface area contributed by atoms with Crippen LogP contribution < -0.4 is 10.0 Å². The lowest BCUT2D eigenvalue weighted by Gasteiger charge is -2.03. The number of rotatable bonds is 7. The number of hydrogen-bond donors (Lipinski definition) is 2. The van der Waals surface area contributed by atoms with Gasteiger partial charge in [-0.25, -0.2) is 21.6 Å². The molecule has 0 saturated carbocycles. The van der Waals surface area contributed by atoms with E-state index in [0.717, 1.165) is 6.26 Å². The van der Waals surface area contributed by atoms with E-state index in [9.17, 15) is 16.8 Å². The summed E-state index contributed by atoms with van der Waals surface area (Å²) in [4.78, 5) is 0. The summed E-state index contributed by atoms with van der Waals surface area (Å²) in [7, 11) is -5.28. The molecule has 0 aliphatic rings. The quantitative estimate of drug-likeness (QED) is 0.691. The second-order valence-electron chi connectivity index (χ2n) is 3.78. The van der Waals surface area contributed by atoms with Gasteiger partial charge in [0.05, 0.1) is 12.3 Å². The maximum absolute atomic E-state index is 11.7. The minimum atomic E-state index is -3.79. The molecule has 0 spiro atoms. The molecular weight excluding hydrogens is 280 g/mol. The lowest BCUT2D eigenvalue weighted by Crippen LogP contribution is -2.28. The Morgan fingerprint density at radius 2 is 1.89 bits per heavy atom. The van der Waals surface area contributed by atoms with Crippen LogP contribution in [0, 0.1) is 0 Å². The molecule has 1 rings (SSSR count). The number of furan rings is 1. The molecule has 0 aliphatic carbocycles. The van der Waals surface area contributed by atoms with Crippen LogP contribution >= 0.6 is 0 Å². The molecule has 2 N–H and O–H groups in total. The van der Waals surface area contributed by atoms with Crippen LogP contribution in [0.2, 0.25) is 0 Å². The van der Waals surface area contributed by atoms with Crippen LogP contribution in [0.4, 0.5) is 0 Å². The maximum atomic E-state index is 11.7. The van der Waals surface area contributed by atoms with Gasteiger partial charge in [0, 0.05) is 12.8 Å². The van der Waals surface area contributed by atoms with Crippen LogP contribution in [0.15, 0.2) is 21.6 Å². The third-order valence-corrected chi connectivity index (χ3v) is 4.30. The Labute approximate surface area is 107 Å². The smallest absolute Gasteiger partial charge is 0.273 e. The molecule has 1 aromatic heterocycles. The van der Waals surface area contributed by atoms with Gasteiger partial charge in [-0.05, 0) is 19.2 Å². The number of nitrogens with one attached hydrogen (secondary N) is 2. The van der Waals surface area contributed by atoms with E-state index in [1.807, 2.05) is 0 Å². The largest absolute Gasteiger partial charge is 0.447 e. The van der Waals surface area contributed by atoms with E-state index in [0.29, 0.717) is 12.3 Å². The molecule has 0 fully saturated rings. The van der Waals surface area contributed by atoms with E-state index in [4.69, 9.17) is 4.42 Å². The van der Waals surface area contributed by atoms with Gasteiger partial charge in [-0.3, -0.25) is 0 Å². The third kappa shape index (κ3) is 4.77. The molecule has 1 heterocycles. The average molecular weight is 296 g/mol. The summed E-state index contributed by atoms with van der Waals surface area (Å²) in [5.74, 6) is 0.233. The van der Waals surface area contributed by atoms with Crippen molar-refractivity contribution in [2.45, 2.75) is 11.6 Å². The number of sulfone groups is 1. The van der Waals surface area contributed by atoms with Crippen molar-refractivity contribution in [3.63, 3.8) is 0 Å². The normalized spacial score (nSPS) is 12.8. The van der Waals surface area contributed by atoms with E-state index in [2.05, 4.69) is 10.0 Å². The van der Waals surface area contributed by atoms with Gasteiger partial charge < -0.3 is 9.73 Å². The molecule has 0 atom stereocenters. The van der Waals surface area contributed by atoms with Gasteiger partial charge in [0.15, 0.2) is 0 Å². The highest BCUT2D eigenvalue weighted by Crippen LogP contribution is 2.13. The highest BCUT2D eigenvalue weighted by atomic mass is 32.2. The van der Waals surface area contributed by atoms with Crippen molar-refractivity contribution in [2.24, 2.45) is 0 Å². The highest BCUT2D eigenvalue weighted by molar-refractivity contribution is 7.91. The predicted octanol–water partition coefficient (Wildman–Crippen LogP) is -0.678. The topological polar surface area (TPSA) is 105 Å². The van der Waals surface area contributed by atoms with Crippen molar-refractivity contribution in [1.29, 1.82) is 0 Å². The maximum Gasteiger partial charge on any atom is 0.273 e. The van der Waals surface area contributed by atoms with Crippen LogP contribution in [0.1, 0.15) is 5.76 Å². The second kappa shape index (κ2) is 5.83. The van der Waals surface area contributed by atoms with Crippen LogP contribution in [-0.2, 0) is 26.4 Å². The Balaban J connectivity index is 2.68. The van der Waals surface area contributed by atoms with Crippen molar-refractivity contribution in [3.8, 4) is 0 Å². The zero-order valence-corrected chi connectivity index (χ0v) is 11.8. The highest BCUT2D eigenvalue weighted by Gasteiger charge is 2.18. The zero-order chi connectivity index (χ0) is 13.8. The van der Waals surface area contributed by atoms with Crippen LogP contribution in [0.5, 0.6) is 0 Å². The van der Waals surface area contributed by atoms with E-state index >= 15 is 0 Å². The van der Waals surface area contributed by atoms with Gasteiger partial charge in [0.25, 0.3) is 10.0 Å². The molecule has 0 saturated heterocycles. The van der Waals surface area contributed by atoms with Crippen LogP contribution in [-0.4, -0.2) is 42.4 Å². The minimum Gasteiger partial charge on any atom is -0.447 e. The van der Waals surface area contributed by atoms with Crippen LogP contribution in [0.3, 0.4) is 0 Å². The first-order valence-electron chi connectivity index (χ1n) is 5.15. The van der Waals surface area contributed by atoms with Gasteiger partial charge in [-0.15, -0.1) is 0 Å². The summed E-state index contributed by atoms with van der Waals surface area (Å²) >= 11 is 0. The van der Waals surface area contributed by atoms with Gasteiger partial charge in [0.2, 0.25) is 5.09 Å². The summed E-state index contributed by atoms with van der Waals surface area (Å²) in [6, 6.07) is 2.87. The summed E-state index contributed by atoms with van der Waals surface area (Å²) in [6.07, 6.45) is 1.04. The molecule has 0 unspecified atom stereocenters. The lowest BCUT2D eigenvalue weighted by molar-refractivity contribution is 0.405. The molecule has 104 valence electrons. The Kier molecular flexibility index (Phi) is 4.91. The summed E-state index contributed by atoms with van der Waals surface area (Å²) < 4.78 is 52.5. The monoisotopic (exact) mass is 296 g/mol. The molecule has 0 aliphatic heterocycles. The van der Waals surface area contributed by atoms with Crippen LogP contribution in [0.25, 0.3) is 0 Å². The number of sulfonamides is 1. The molecule has 7 nitrogen and oxygen atoms in total. The molecule has 1 aromatic rings. The molecule has 0 bridgehead atoms. The fourth-order valence-electron chi connectivity index (χ4n) is 1.20. The van der Waals surface area contributed by atoms with Gasteiger partial charge in [-0.1, -0.05) is 0 Å². The van der Waals surface area contributed by atoms with Crippen molar-refractivity contribution in [3.05, 3.63) is 17.9 Å². The van der Waals surface area contributed by atoms with Crippen molar-refractivity contribution in [2.75, 3.05) is 25.6 Å². The first kappa shape index (κ1) is 15.2. The summed E-state index contributed by atoms with van der Waals surface area (Å²) in [6.45, 7) is 0.238. The van der Waals surface area contributed by atoms with Crippen molar-refractivity contribution in [1.82, 2.24) is 10.0 Å². The SMILES string of the molecule is CNCc1ccc(S(=O)(=O)NCCS(C)(=O)=O)o1. The summed E-state index contributed by atoms with van der Waals surface area (Å²) in [5, 5.41) is 2.60. The van der Waals surface area contributed by atoms with Gasteiger partial charge in [0.1, 0.15) is 15.6 Å². The molecule has 0 radical (unpaired) electrons. The molecule has 0 aromatic carbocycles. The molecule has 9 heteroatoms. The van der Waals surface area contributed by atoms with Crippen molar-refractivity contribution < 1.29 is 21.3 Å². The molecule has 0 amide bonds. The number of hydrogen-bond acceptors (Lipinski definition) is 6. The second-order valence-corrected chi connectivity index (χ2v) is 7.74. The molecule has 18 heavy (non-hydrogen) atoms. The van der Waals surface area contributed by atoms with E-state index < -0.39 is 19.9 Å². The standard InChI is InChI=1S/C9H16N2O5S2/c1-10-7-8-3-4-9(16-8)18(14,15)11-5-6-17(2,12)13/h3-4,10-11H,5-7H2,1-2H3. The van der Waals surface area contributed by atoms with Crippen molar-refractivity contribution >= 4 is 19.9 Å². The fraction of sp³-hybridized carbons (Fsp3) is 0.556. The zero-order valence-electron chi connectivity index (χ0n) is 10.1. The molecular formula is C9H16N2O5S2. The Morgan fingerprint density at radius 3 is 2.44 bits per heavy atom. The average Bonchev–Trinajstić information content (AvgIpc) is 2.65. The van der Waals surface area contributed by atoms with Gasteiger partial charge >= 0.3 is 0 Å². The Bertz CT molecular complexity index is 588. The lowest BCUT2D eigenvalue weighted by atomic mass is 10.4. The Morgan fingerprint density at radius 1 is 1.22 bits per heavy atom. The predicted molar refractivity (Wildman–Crippen MR) is 66.4 cm³/mol.